The van der Waals surface area contributed by atoms with Gasteiger partial charge in [0, 0.05) is 31.1 Å². The minimum Gasteiger partial charge on any atom is -0.302 e. The van der Waals surface area contributed by atoms with Gasteiger partial charge >= 0.3 is 0 Å². The number of rotatable bonds is 5. The minimum absolute atomic E-state index is 0.0935. The van der Waals surface area contributed by atoms with Crippen LogP contribution >= 0.6 is 11.3 Å². The van der Waals surface area contributed by atoms with Crippen LogP contribution in [-0.4, -0.2) is 28.9 Å². The Hall–Kier alpha value is -1.79. The number of likely N-dealkylation sites (tertiary alicyclic amines) is 1. The number of amides is 1. The van der Waals surface area contributed by atoms with Crippen LogP contribution in [0.5, 0.6) is 0 Å². The molecule has 0 spiro atoms. The smallest absolute Gasteiger partial charge is 0.223 e. The normalized spacial score (nSPS) is 18.5. The van der Waals surface area contributed by atoms with Crippen LogP contribution in [-0.2, 0) is 17.8 Å². The van der Waals surface area contributed by atoms with E-state index in [1.165, 1.54) is 30.7 Å². The van der Waals surface area contributed by atoms with Crippen LogP contribution in [0.3, 0.4) is 0 Å². The van der Waals surface area contributed by atoms with Gasteiger partial charge in [0.2, 0.25) is 5.91 Å². The third-order valence-electron chi connectivity index (χ3n) is 4.23. The number of piperidine rings is 1. The molecule has 1 unspecified atom stereocenters. The van der Waals surface area contributed by atoms with Gasteiger partial charge in [-0.2, -0.15) is 0 Å². The molecule has 2 heterocycles. The van der Waals surface area contributed by atoms with Gasteiger partial charge in [0.1, 0.15) is 5.82 Å². The van der Waals surface area contributed by atoms with Crippen LogP contribution < -0.4 is 5.32 Å². The molecule has 1 saturated heterocycles. The van der Waals surface area contributed by atoms with Crippen LogP contribution in [0.4, 0.5) is 9.52 Å². The van der Waals surface area contributed by atoms with E-state index in [1.54, 1.807) is 12.1 Å². The predicted octanol–water partition coefficient (Wildman–Crippen LogP) is 3.70. The maximum atomic E-state index is 13.3. The van der Waals surface area contributed by atoms with Crippen molar-refractivity contribution in [1.82, 2.24) is 9.88 Å². The molecule has 1 aliphatic heterocycles. The number of halogens is 1. The molecule has 1 fully saturated rings. The van der Waals surface area contributed by atoms with E-state index in [1.807, 2.05) is 12.3 Å². The fraction of sp³-hybridized carbons (Fsp3) is 0.444. The molecule has 1 amide bonds. The average molecular weight is 347 g/mol. The zero-order valence-electron chi connectivity index (χ0n) is 13.8. The van der Waals surface area contributed by atoms with E-state index in [2.05, 4.69) is 15.2 Å². The molecule has 2 aromatic rings. The summed E-state index contributed by atoms with van der Waals surface area (Å²) >= 11 is 1.53. The minimum atomic E-state index is -0.157. The molecule has 0 radical (unpaired) electrons. The molecule has 6 heteroatoms. The Bertz CT molecular complexity index is 703. The third-order valence-corrected chi connectivity index (χ3v) is 5.13. The van der Waals surface area contributed by atoms with E-state index in [0.717, 1.165) is 42.9 Å². The number of aromatic nitrogens is 1. The van der Waals surface area contributed by atoms with Crippen molar-refractivity contribution >= 4 is 22.4 Å². The van der Waals surface area contributed by atoms with Crippen LogP contribution in [0.1, 0.15) is 30.2 Å². The van der Waals surface area contributed by atoms with Gasteiger partial charge in [0.15, 0.2) is 5.13 Å². The number of benzene rings is 1. The Morgan fingerprint density at radius 1 is 1.50 bits per heavy atom. The van der Waals surface area contributed by atoms with Crippen molar-refractivity contribution in [2.75, 3.05) is 18.4 Å². The van der Waals surface area contributed by atoms with Crippen molar-refractivity contribution < 1.29 is 9.18 Å². The quantitative estimate of drug-likeness (QED) is 0.897. The second-order valence-corrected chi connectivity index (χ2v) is 7.51. The van der Waals surface area contributed by atoms with Gasteiger partial charge in [-0.05, 0) is 49.4 Å². The van der Waals surface area contributed by atoms with Gasteiger partial charge < -0.3 is 5.32 Å². The largest absolute Gasteiger partial charge is 0.302 e. The zero-order valence-corrected chi connectivity index (χ0v) is 14.6. The third kappa shape index (κ3) is 4.85. The molecule has 1 aromatic carbocycles. The fourth-order valence-corrected chi connectivity index (χ4v) is 4.17. The van der Waals surface area contributed by atoms with Crippen molar-refractivity contribution in [2.24, 2.45) is 5.92 Å². The molecule has 24 heavy (non-hydrogen) atoms. The molecule has 0 bridgehead atoms. The molecular formula is C18H22FN3OS. The molecule has 0 aliphatic carbocycles. The molecule has 1 aliphatic rings. The van der Waals surface area contributed by atoms with E-state index in [-0.39, 0.29) is 11.7 Å². The predicted molar refractivity (Wildman–Crippen MR) is 94.5 cm³/mol. The number of thiazole rings is 1. The highest BCUT2D eigenvalue weighted by molar-refractivity contribution is 7.15. The second-order valence-electron chi connectivity index (χ2n) is 6.39. The summed E-state index contributed by atoms with van der Waals surface area (Å²) in [5.41, 5.74) is 1.08. The van der Waals surface area contributed by atoms with Gasteiger partial charge in [-0.15, -0.1) is 11.3 Å². The van der Waals surface area contributed by atoms with Crippen molar-refractivity contribution in [3.8, 4) is 0 Å². The van der Waals surface area contributed by atoms with Gasteiger partial charge in [0.25, 0.3) is 0 Å². The summed E-state index contributed by atoms with van der Waals surface area (Å²) < 4.78 is 13.3. The van der Waals surface area contributed by atoms with Crippen LogP contribution in [0, 0.1) is 11.7 Å². The molecule has 0 saturated carbocycles. The highest BCUT2D eigenvalue weighted by Crippen LogP contribution is 2.25. The maximum absolute atomic E-state index is 13.3. The lowest BCUT2D eigenvalue weighted by Crippen LogP contribution is -2.35. The topological polar surface area (TPSA) is 45.2 Å². The Morgan fingerprint density at radius 2 is 2.38 bits per heavy atom. The van der Waals surface area contributed by atoms with Gasteiger partial charge in [0.05, 0.1) is 0 Å². The second kappa shape index (κ2) is 7.85. The van der Waals surface area contributed by atoms with Crippen molar-refractivity contribution in [3.63, 3.8) is 0 Å². The number of carbonyl (C=O) groups is 1. The Balaban J connectivity index is 1.55. The van der Waals surface area contributed by atoms with Crippen molar-refractivity contribution in [2.45, 2.75) is 32.7 Å². The first-order valence-electron chi connectivity index (χ1n) is 8.27. The van der Waals surface area contributed by atoms with Gasteiger partial charge in [-0.3, -0.25) is 9.69 Å². The molecule has 4 nitrogen and oxygen atoms in total. The highest BCUT2D eigenvalue weighted by Gasteiger charge is 2.21. The first-order valence-corrected chi connectivity index (χ1v) is 9.09. The van der Waals surface area contributed by atoms with Crippen LogP contribution in [0.25, 0.3) is 0 Å². The van der Waals surface area contributed by atoms with E-state index in [4.69, 9.17) is 0 Å². The molecule has 3 rings (SSSR count). The van der Waals surface area contributed by atoms with Crippen molar-refractivity contribution in [3.05, 3.63) is 46.7 Å². The number of nitrogens with zero attached hydrogens (tertiary/aromatic N) is 2. The highest BCUT2D eigenvalue weighted by atomic mass is 32.1. The molecule has 1 N–H and O–H groups in total. The summed E-state index contributed by atoms with van der Waals surface area (Å²) in [6.45, 7) is 4.44. The Morgan fingerprint density at radius 3 is 3.17 bits per heavy atom. The first kappa shape index (κ1) is 17.0. The van der Waals surface area contributed by atoms with Gasteiger partial charge in [-0.1, -0.05) is 12.1 Å². The zero-order chi connectivity index (χ0) is 16.9. The van der Waals surface area contributed by atoms with Crippen LogP contribution in [0.2, 0.25) is 0 Å². The molecular weight excluding hydrogens is 325 g/mol. The Labute approximate surface area is 145 Å². The lowest BCUT2D eigenvalue weighted by Gasteiger charge is -2.32. The van der Waals surface area contributed by atoms with E-state index < -0.39 is 0 Å². The molecule has 1 aromatic heterocycles. The average Bonchev–Trinajstić information content (AvgIpc) is 2.94. The number of hydrogen-bond donors (Lipinski definition) is 1. The summed E-state index contributed by atoms with van der Waals surface area (Å²) in [6, 6.07) is 6.92. The summed E-state index contributed by atoms with van der Waals surface area (Å²) in [4.78, 5) is 18.9. The van der Waals surface area contributed by atoms with E-state index >= 15 is 0 Å². The lowest BCUT2D eigenvalue weighted by molar-refractivity contribution is -0.114. The number of carbonyl (C=O) groups excluding carboxylic acids is 1. The van der Waals surface area contributed by atoms with E-state index in [0.29, 0.717) is 11.0 Å². The molecule has 128 valence electrons. The summed E-state index contributed by atoms with van der Waals surface area (Å²) in [5, 5.41) is 3.38. The summed E-state index contributed by atoms with van der Waals surface area (Å²) in [7, 11) is 0. The standard InChI is InChI=1S/C18H22FN3OS/c1-13(23)21-18-20-10-17(24-18)12-22-7-3-5-15(11-22)8-14-4-2-6-16(19)9-14/h2,4,6,9-10,15H,3,5,7-8,11-12H2,1H3,(H,20,21,23). The number of anilines is 1. The van der Waals surface area contributed by atoms with Gasteiger partial charge in [-0.25, -0.2) is 9.37 Å². The van der Waals surface area contributed by atoms with Crippen molar-refractivity contribution in [1.29, 1.82) is 0 Å². The molecule has 1 atom stereocenters. The monoisotopic (exact) mass is 347 g/mol. The SMILES string of the molecule is CC(=O)Nc1ncc(CN2CCCC(Cc3cccc(F)c3)C2)s1. The summed E-state index contributed by atoms with van der Waals surface area (Å²) in [5.74, 6) is 0.308. The first-order chi connectivity index (χ1) is 11.6. The Kier molecular flexibility index (Phi) is 5.58. The maximum Gasteiger partial charge on any atom is 0.223 e. The summed E-state index contributed by atoms with van der Waals surface area (Å²) in [6.07, 6.45) is 5.12. The number of nitrogens with one attached hydrogen (secondary N) is 1. The van der Waals surface area contributed by atoms with Crippen LogP contribution in [0.15, 0.2) is 30.5 Å². The van der Waals surface area contributed by atoms with E-state index in [9.17, 15) is 9.18 Å². The number of hydrogen-bond acceptors (Lipinski definition) is 4. The lowest BCUT2D eigenvalue weighted by atomic mass is 9.91. The fourth-order valence-electron chi connectivity index (χ4n) is 3.27.